The van der Waals surface area contributed by atoms with Crippen molar-refractivity contribution in [3.8, 4) is 0 Å². The van der Waals surface area contributed by atoms with Crippen LogP contribution in [0.5, 0.6) is 0 Å². The van der Waals surface area contributed by atoms with Crippen LogP contribution in [0.25, 0.3) is 0 Å². The Morgan fingerprint density at radius 3 is 2.40 bits per heavy atom. The number of nitro groups is 1. The average Bonchev–Trinajstić information content (AvgIpc) is 2.70. The summed E-state index contributed by atoms with van der Waals surface area (Å²) in [5.41, 5.74) is 0.965. The van der Waals surface area contributed by atoms with Crippen LogP contribution in [-0.2, 0) is 10.0 Å². The van der Waals surface area contributed by atoms with Gasteiger partial charge in [-0.1, -0.05) is 12.1 Å². The largest absolute Gasteiger partial charge is 0.373 e. The van der Waals surface area contributed by atoms with Gasteiger partial charge in [-0.2, -0.15) is 4.31 Å². The van der Waals surface area contributed by atoms with Gasteiger partial charge in [-0.25, -0.2) is 12.8 Å². The van der Waals surface area contributed by atoms with Crippen molar-refractivity contribution in [2.75, 3.05) is 38.5 Å². The average molecular weight is 437 g/mol. The van der Waals surface area contributed by atoms with E-state index in [1.807, 2.05) is 11.9 Å². The van der Waals surface area contributed by atoms with Gasteiger partial charge in [0.15, 0.2) is 0 Å². The maximum atomic E-state index is 13.9. The van der Waals surface area contributed by atoms with E-state index >= 15 is 0 Å². The summed E-state index contributed by atoms with van der Waals surface area (Å²) in [5, 5.41) is 14.6. The monoisotopic (exact) mass is 436 g/mol. The molecule has 0 radical (unpaired) electrons. The second-order valence-electron chi connectivity index (χ2n) is 7.52. The molecule has 1 N–H and O–H groups in total. The predicted octanol–water partition coefficient (Wildman–Crippen LogP) is 3.15. The van der Waals surface area contributed by atoms with Crippen molar-refractivity contribution < 1.29 is 17.7 Å². The van der Waals surface area contributed by atoms with Gasteiger partial charge in [0.2, 0.25) is 10.0 Å². The molecule has 1 heterocycles. The number of nitro benzene ring substituents is 1. The Labute approximate surface area is 175 Å². The molecule has 8 nitrogen and oxygen atoms in total. The third-order valence-electron chi connectivity index (χ3n) is 5.33. The molecular weight excluding hydrogens is 411 g/mol. The minimum absolute atomic E-state index is 0.113. The highest BCUT2D eigenvalue weighted by atomic mass is 32.2. The molecule has 2 aromatic rings. The summed E-state index contributed by atoms with van der Waals surface area (Å²) < 4.78 is 41.0. The zero-order valence-corrected chi connectivity index (χ0v) is 17.9. The van der Waals surface area contributed by atoms with Crippen LogP contribution in [0.4, 0.5) is 15.8 Å². The van der Waals surface area contributed by atoms with Gasteiger partial charge < -0.3 is 10.2 Å². The van der Waals surface area contributed by atoms with Crippen molar-refractivity contribution in [1.82, 2.24) is 9.21 Å². The molecule has 1 saturated heterocycles. The first kappa shape index (κ1) is 22.1. The molecule has 0 bridgehead atoms. The minimum atomic E-state index is -3.82. The first-order chi connectivity index (χ1) is 14.1. The maximum absolute atomic E-state index is 13.9. The number of rotatable bonds is 6. The van der Waals surface area contributed by atoms with E-state index in [0.29, 0.717) is 37.3 Å². The van der Waals surface area contributed by atoms with Gasteiger partial charge in [0, 0.05) is 38.3 Å². The van der Waals surface area contributed by atoms with Gasteiger partial charge in [-0.05, 0) is 50.2 Å². The molecule has 10 heteroatoms. The normalized spacial score (nSPS) is 16.9. The van der Waals surface area contributed by atoms with Crippen LogP contribution >= 0.6 is 0 Å². The van der Waals surface area contributed by atoms with Crippen LogP contribution in [0.15, 0.2) is 41.3 Å². The number of anilines is 1. The first-order valence-corrected chi connectivity index (χ1v) is 11.0. The Kier molecular flexibility index (Phi) is 6.39. The van der Waals surface area contributed by atoms with Crippen LogP contribution in [0.1, 0.15) is 24.1 Å². The molecule has 0 aliphatic carbocycles. The van der Waals surface area contributed by atoms with Gasteiger partial charge in [-0.3, -0.25) is 10.1 Å². The number of aryl methyl sites for hydroxylation is 1. The summed E-state index contributed by atoms with van der Waals surface area (Å²) in [4.78, 5) is 12.9. The molecule has 162 valence electrons. The van der Waals surface area contributed by atoms with Crippen LogP contribution in [-0.4, -0.2) is 55.8 Å². The summed E-state index contributed by atoms with van der Waals surface area (Å²) in [6.07, 6.45) is 0. The lowest BCUT2D eigenvalue weighted by atomic mass is 10.1. The molecule has 1 aliphatic heterocycles. The van der Waals surface area contributed by atoms with Crippen LogP contribution in [0.3, 0.4) is 0 Å². The lowest BCUT2D eigenvalue weighted by molar-refractivity contribution is -0.384. The standard InChI is InChI=1S/C20H25FN4O4S/c1-14-4-5-16(12-18(14)21)15(2)22-19-7-6-17(13-20(19)25(26)27)30(28,29)24-10-8-23(3)9-11-24/h4-7,12-13,15,22H,8-11H2,1-3H3. The first-order valence-electron chi connectivity index (χ1n) is 9.59. The molecule has 1 aliphatic rings. The number of benzene rings is 2. The van der Waals surface area contributed by atoms with E-state index in [9.17, 15) is 22.9 Å². The molecule has 0 saturated carbocycles. The van der Waals surface area contributed by atoms with E-state index in [1.165, 1.54) is 22.5 Å². The zero-order valence-electron chi connectivity index (χ0n) is 17.1. The third-order valence-corrected chi connectivity index (χ3v) is 7.23. The molecule has 0 amide bonds. The highest BCUT2D eigenvalue weighted by molar-refractivity contribution is 7.89. The van der Waals surface area contributed by atoms with E-state index in [0.717, 1.165) is 6.07 Å². The Bertz CT molecular complexity index is 1050. The topological polar surface area (TPSA) is 95.8 Å². The highest BCUT2D eigenvalue weighted by Gasteiger charge is 2.30. The molecule has 3 rings (SSSR count). The fourth-order valence-electron chi connectivity index (χ4n) is 3.32. The summed E-state index contributed by atoms with van der Waals surface area (Å²) >= 11 is 0. The van der Waals surface area contributed by atoms with Crippen molar-refractivity contribution in [1.29, 1.82) is 0 Å². The maximum Gasteiger partial charge on any atom is 0.293 e. The smallest absolute Gasteiger partial charge is 0.293 e. The van der Waals surface area contributed by atoms with Crippen molar-refractivity contribution in [3.05, 3.63) is 63.5 Å². The number of nitrogens with one attached hydrogen (secondary N) is 1. The zero-order chi connectivity index (χ0) is 22.1. The van der Waals surface area contributed by atoms with Crippen molar-refractivity contribution >= 4 is 21.4 Å². The van der Waals surface area contributed by atoms with Gasteiger partial charge in [0.25, 0.3) is 5.69 Å². The summed E-state index contributed by atoms with van der Waals surface area (Å²) in [6, 6.07) is 8.19. The Morgan fingerprint density at radius 1 is 1.13 bits per heavy atom. The summed E-state index contributed by atoms with van der Waals surface area (Å²) in [7, 11) is -1.91. The molecule has 1 atom stereocenters. The molecule has 0 aromatic heterocycles. The van der Waals surface area contributed by atoms with Crippen molar-refractivity contribution in [2.45, 2.75) is 24.8 Å². The SMILES string of the molecule is Cc1ccc(C(C)Nc2ccc(S(=O)(=O)N3CCN(C)CC3)cc2[N+](=O)[O-])cc1F. The molecule has 2 aromatic carbocycles. The molecule has 1 fully saturated rings. The number of nitrogens with zero attached hydrogens (tertiary/aromatic N) is 3. The lowest BCUT2D eigenvalue weighted by Crippen LogP contribution is -2.47. The van der Waals surface area contributed by atoms with Crippen molar-refractivity contribution in [3.63, 3.8) is 0 Å². The van der Waals surface area contributed by atoms with Crippen LogP contribution in [0.2, 0.25) is 0 Å². The minimum Gasteiger partial charge on any atom is -0.373 e. The van der Waals surface area contributed by atoms with E-state index < -0.39 is 21.0 Å². The number of hydrogen-bond donors (Lipinski definition) is 1. The van der Waals surface area contributed by atoms with E-state index in [4.69, 9.17) is 0 Å². The number of sulfonamides is 1. The number of likely N-dealkylation sites (N-methyl/N-ethyl adjacent to an activating group) is 1. The van der Waals surface area contributed by atoms with Gasteiger partial charge in [-0.15, -0.1) is 0 Å². The molecule has 0 spiro atoms. The second kappa shape index (κ2) is 8.66. The number of hydrogen-bond acceptors (Lipinski definition) is 6. The molecular formula is C20H25FN4O4S. The Morgan fingerprint density at radius 2 is 1.80 bits per heavy atom. The molecule has 30 heavy (non-hydrogen) atoms. The predicted molar refractivity (Wildman–Crippen MR) is 113 cm³/mol. The van der Waals surface area contributed by atoms with Crippen LogP contribution < -0.4 is 5.32 Å². The molecule has 1 unspecified atom stereocenters. The fraction of sp³-hybridized carbons (Fsp3) is 0.400. The Balaban J connectivity index is 1.88. The van der Waals surface area contributed by atoms with Gasteiger partial charge >= 0.3 is 0 Å². The number of piperazine rings is 1. The quantitative estimate of drug-likeness (QED) is 0.552. The summed E-state index contributed by atoms with van der Waals surface area (Å²) in [6.45, 7) is 5.28. The summed E-state index contributed by atoms with van der Waals surface area (Å²) in [5.74, 6) is -0.357. The van der Waals surface area contributed by atoms with Crippen molar-refractivity contribution in [2.24, 2.45) is 0 Å². The highest BCUT2D eigenvalue weighted by Crippen LogP contribution is 2.32. The van der Waals surface area contributed by atoms with E-state index in [-0.39, 0.29) is 22.1 Å². The van der Waals surface area contributed by atoms with Crippen LogP contribution in [0, 0.1) is 22.9 Å². The lowest BCUT2D eigenvalue weighted by Gasteiger charge is -2.31. The van der Waals surface area contributed by atoms with E-state index in [1.54, 1.807) is 26.0 Å². The van der Waals surface area contributed by atoms with Gasteiger partial charge in [0.1, 0.15) is 11.5 Å². The number of halogens is 1. The Hall–Kier alpha value is -2.56. The third kappa shape index (κ3) is 4.61. The second-order valence-corrected chi connectivity index (χ2v) is 9.46. The van der Waals surface area contributed by atoms with Gasteiger partial charge in [0.05, 0.1) is 9.82 Å². The van der Waals surface area contributed by atoms with E-state index in [2.05, 4.69) is 5.32 Å². The fourth-order valence-corrected chi connectivity index (χ4v) is 4.76.